The van der Waals surface area contributed by atoms with Gasteiger partial charge in [-0.25, -0.2) is 15.8 Å². The summed E-state index contributed by atoms with van der Waals surface area (Å²) in [4.78, 5) is 29.1. The second-order valence-corrected chi connectivity index (χ2v) is 9.56. The minimum absolute atomic E-state index is 0.190. The lowest BCUT2D eigenvalue weighted by Crippen LogP contribution is -2.31. The van der Waals surface area contributed by atoms with Gasteiger partial charge in [-0.2, -0.15) is 0 Å². The van der Waals surface area contributed by atoms with Crippen LogP contribution < -0.4 is 16.6 Å². The minimum atomic E-state index is -0.190. The molecule has 0 aliphatic heterocycles. The number of amidine groups is 1. The number of carbonyl (C=O) groups is 1. The van der Waals surface area contributed by atoms with E-state index in [1.54, 1.807) is 23.6 Å². The zero-order valence-electron chi connectivity index (χ0n) is 18.5. The number of nitrogens with zero attached hydrogens (tertiary/aromatic N) is 4. The Labute approximate surface area is 195 Å². The molecule has 33 heavy (non-hydrogen) atoms. The van der Waals surface area contributed by atoms with E-state index in [1.807, 2.05) is 35.9 Å². The first kappa shape index (κ1) is 21.3. The predicted octanol–water partition coefficient (Wildman–Crippen LogP) is 3.91. The maximum absolute atomic E-state index is 13.1. The van der Waals surface area contributed by atoms with Gasteiger partial charge in [0, 0.05) is 35.4 Å². The van der Waals surface area contributed by atoms with Crippen LogP contribution in [0, 0.1) is 19.8 Å². The van der Waals surface area contributed by atoms with Crippen LogP contribution >= 0.6 is 11.3 Å². The highest BCUT2D eigenvalue weighted by Gasteiger charge is 2.28. The molecular formula is C24H25N7OS. The molecule has 0 spiro atoms. The van der Waals surface area contributed by atoms with Gasteiger partial charge in [0.15, 0.2) is 5.65 Å². The molecule has 1 amide bonds. The topological polar surface area (TPSA) is 110 Å². The molecule has 0 aromatic carbocycles. The number of hydrogen-bond donors (Lipinski definition) is 3. The number of hydrazine groups is 1. The number of aromatic nitrogens is 3. The smallest absolute Gasteiger partial charge is 0.253 e. The normalized spacial score (nSPS) is 14.0. The maximum atomic E-state index is 13.1. The number of nitrogens with one attached hydrogen (secondary N) is 2. The number of pyridine rings is 2. The van der Waals surface area contributed by atoms with E-state index in [2.05, 4.69) is 39.8 Å². The van der Waals surface area contributed by atoms with Gasteiger partial charge in [-0.05, 0) is 56.5 Å². The molecule has 0 unspecified atom stereocenters. The highest BCUT2D eigenvalue weighted by molar-refractivity contribution is 7.15. The molecule has 4 heterocycles. The fraction of sp³-hybridized carbons (Fsp3) is 0.250. The zero-order chi connectivity index (χ0) is 22.9. The van der Waals surface area contributed by atoms with E-state index in [4.69, 9.17) is 10.8 Å². The Balaban J connectivity index is 1.54. The second-order valence-electron chi connectivity index (χ2n) is 8.27. The number of aliphatic imine (C=N–C) groups is 1. The van der Waals surface area contributed by atoms with Crippen LogP contribution in [0.4, 0.5) is 5.69 Å². The highest BCUT2D eigenvalue weighted by Crippen LogP contribution is 2.34. The predicted molar refractivity (Wildman–Crippen MR) is 131 cm³/mol. The molecular weight excluding hydrogens is 434 g/mol. The molecule has 0 saturated heterocycles. The van der Waals surface area contributed by atoms with Crippen molar-refractivity contribution in [1.29, 1.82) is 0 Å². The van der Waals surface area contributed by atoms with Gasteiger partial charge in [0.05, 0.1) is 22.3 Å². The first-order valence-corrected chi connectivity index (χ1v) is 11.7. The summed E-state index contributed by atoms with van der Waals surface area (Å²) in [6.07, 6.45) is 7.53. The lowest BCUT2D eigenvalue weighted by molar-refractivity contribution is 0.0950. The van der Waals surface area contributed by atoms with E-state index in [-0.39, 0.29) is 5.91 Å². The number of imidazole rings is 1. The number of nitrogens with two attached hydrogens (primary N) is 1. The molecule has 4 N–H and O–H groups in total. The van der Waals surface area contributed by atoms with Gasteiger partial charge in [-0.3, -0.25) is 14.2 Å². The molecule has 1 fully saturated rings. The van der Waals surface area contributed by atoms with Crippen LogP contribution in [0.3, 0.4) is 0 Å². The third-order valence-corrected chi connectivity index (χ3v) is 6.64. The van der Waals surface area contributed by atoms with Crippen molar-refractivity contribution in [2.75, 3.05) is 0 Å². The largest absolute Gasteiger partial charge is 0.348 e. The summed E-state index contributed by atoms with van der Waals surface area (Å²) in [6, 6.07) is 9.81. The number of thiophene rings is 1. The summed E-state index contributed by atoms with van der Waals surface area (Å²) in [5.41, 5.74) is 7.32. The van der Waals surface area contributed by atoms with Crippen LogP contribution in [0.5, 0.6) is 0 Å². The summed E-state index contributed by atoms with van der Waals surface area (Å²) in [6.45, 7) is 4.39. The molecule has 0 radical (unpaired) electrons. The van der Waals surface area contributed by atoms with Crippen LogP contribution in [0.2, 0.25) is 0 Å². The number of aryl methyl sites for hydroxylation is 2. The molecule has 1 saturated carbocycles. The molecule has 1 aliphatic carbocycles. The quantitative estimate of drug-likeness (QED) is 0.175. The number of carbonyl (C=O) groups excluding carboxylic acids is 1. The Morgan fingerprint density at radius 1 is 1.21 bits per heavy atom. The average Bonchev–Trinajstić information content (AvgIpc) is 3.43. The summed E-state index contributed by atoms with van der Waals surface area (Å²) >= 11 is 1.69. The zero-order valence-corrected chi connectivity index (χ0v) is 19.3. The molecule has 5 rings (SSSR count). The molecule has 0 bridgehead atoms. The Morgan fingerprint density at radius 3 is 2.73 bits per heavy atom. The van der Waals surface area contributed by atoms with E-state index >= 15 is 0 Å². The second kappa shape index (κ2) is 8.76. The average molecular weight is 460 g/mol. The third-order valence-electron chi connectivity index (χ3n) is 5.62. The molecule has 0 atom stereocenters. The van der Waals surface area contributed by atoms with Gasteiger partial charge < -0.3 is 10.7 Å². The third kappa shape index (κ3) is 4.50. The van der Waals surface area contributed by atoms with Crippen LogP contribution in [0.25, 0.3) is 16.2 Å². The van der Waals surface area contributed by atoms with E-state index in [1.165, 1.54) is 4.88 Å². The number of hydrogen-bond acceptors (Lipinski definition) is 6. The number of amides is 1. The lowest BCUT2D eigenvalue weighted by atomic mass is 10.2. The van der Waals surface area contributed by atoms with Crippen molar-refractivity contribution in [3.05, 3.63) is 70.6 Å². The van der Waals surface area contributed by atoms with Crippen molar-refractivity contribution in [2.24, 2.45) is 16.8 Å². The van der Waals surface area contributed by atoms with Crippen molar-refractivity contribution < 1.29 is 4.79 Å². The molecule has 4 aromatic rings. The molecule has 4 aromatic heterocycles. The minimum Gasteiger partial charge on any atom is -0.348 e. The van der Waals surface area contributed by atoms with Crippen molar-refractivity contribution in [3.63, 3.8) is 0 Å². The maximum Gasteiger partial charge on any atom is 0.253 e. The molecule has 9 heteroatoms. The highest BCUT2D eigenvalue weighted by atomic mass is 32.1. The van der Waals surface area contributed by atoms with Gasteiger partial charge in [-0.1, -0.05) is 6.07 Å². The summed E-state index contributed by atoms with van der Waals surface area (Å²) in [7, 11) is 0. The van der Waals surface area contributed by atoms with E-state index in [0.29, 0.717) is 29.4 Å². The fourth-order valence-corrected chi connectivity index (χ4v) is 4.52. The summed E-state index contributed by atoms with van der Waals surface area (Å²) in [5.74, 6) is 6.59. The first-order valence-electron chi connectivity index (χ1n) is 10.8. The van der Waals surface area contributed by atoms with Crippen molar-refractivity contribution in [3.8, 4) is 10.6 Å². The van der Waals surface area contributed by atoms with Crippen LogP contribution in [-0.4, -0.2) is 26.1 Å². The van der Waals surface area contributed by atoms with Crippen LogP contribution in [0.1, 0.15) is 39.3 Å². The Kier molecular flexibility index (Phi) is 5.65. The molecule has 1 aliphatic rings. The summed E-state index contributed by atoms with van der Waals surface area (Å²) < 4.78 is 1.94. The molecule has 8 nitrogen and oxygen atoms in total. The van der Waals surface area contributed by atoms with Gasteiger partial charge >= 0.3 is 0 Å². The number of rotatable bonds is 6. The van der Waals surface area contributed by atoms with Gasteiger partial charge in [-0.15, -0.1) is 11.3 Å². The SMILES string of the molecule is Cc1ccc(CNC(=O)c2cc(N=C(NN)C3CC3)c3ncc(-c4ccc(C)s4)n3c2)cn1. The Bertz CT molecular complexity index is 1350. The van der Waals surface area contributed by atoms with Crippen molar-refractivity contribution >= 4 is 34.4 Å². The molecule has 168 valence electrons. The van der Waals surface area contributed by atoms with E-state index in [0.717, 1.165) is 40.5 Å². The van der Waals surface area contributed by atoms with Crippen LogP contribution in [-0.2, 0) is 6.54 Å². The standard InChI is InChI=1S/C24H25N7OS/c1-14-3-5-16(10-26-14)11-28-24(32)18-9-19(29-22(30-25)17-6-7-17)23-27-12-20(31(23)13-18)21-8-4-15(2)33-21/h3-5,8-10,12-13,17H,6-7,11,25H2,1-2H3,(H,28,32)(H,29,30). The van der Waals surface area contributed by atoms with E-state index < -0.39 is 0 Å². The van der Waals surface area contributed by atoms with Crippen LogP contribution in [0.15, 0.2) is 53.9 Å². The van der Waals surface area contributed by atoms with Crippen molar-refractivity contribution in [2.45, 2.75) is 33.2 Å². The van der Waals surface area contributed by atoms with Gasteiger partial charge in [0.2, 0.25) is 0 Å². The van der Waals surface area contributed by atoms with Gasteiger partial charge in [0.1, 0.15) is 11.5 Å². The first-order chi connectivity index (χ1) is 16.0. The Morgan fingerprint density at radius 2 is 2.06 bits per heavy atom. The van der Waals surface area contributed by atoms with E-state index in [9.17, 15) is 4.79 Å². The lowest BCUT2D eigenvalue weighted by Gasteiger charge is -2.10. The fourth-order valence-electron chi connectivity index (χ4n) is 3.65. The van der Waals surface area contributed by atoms with Gasteiger partial charge in [0.25, 0.3) is 5.91 Å². The van der Waals surface area contributed by atoms with Crippen molar-refractivity contribution in [1.82, 2.24) is 25.1 Å². The monoisotopic (exact) mass is 459 g/mol. The Hall–Kier alpha value is -3.56. The number of fused-ring (bicyclic) bond motifs is 1. The summed E-state index contributed by atoms with van der Waals surface area (Å²) in [5, 5.41) is 2.99.